The summed E-state index contributed by atoms with van der Waals surface area (Å²) < 4.78 is 15.4. The van der Waals surface area contributed by atoms with E-state index in [0.717, 1.165) is 0 Å². The van der Waals surface area contributed by atoms with Gasteiger partial charge in [0, 0.05) is 6.20 Å². The predicted molar refractivity (Wildman–Crippen MR) is 89.3 cm³/mol. The number of hydrogen-bond acceptors (Lipinski definition) is 4. The van der Waals surface area contributed by atoms with Crippen LogP contribution in [0.15, 0.2) is 42.7 Å². The van der Waals surface area contributed by atoms with Crippen molar-refractivity contribution in [1.82, 2.24) is 14.8 Å². The fourth-order valence-electron chi connectivity index (χ4n) is 2.19. The minimum absolute atomic E-state index is 0.212. The van der Waals surface area contributed by atoms with Gasteiger partial charge >= 0.3 is 0 Å². The minimum atomic E-state index is -0.612. The molecule has 0 fully saturated rings. The first-order chi connectivity index (χ1) is 11.5. The monoisotopic (exact) mass is 345 g/mol. The lowest BCUT2D eigenvalue weighted by atomic mass is 10.2. The fraction of sp³-hybridized carbons (Fsp3) is 0.0625. The number of pyridine rings is 1. The molecule has 3 aromatic rings. The number of carbonyl (C=O) groups is 1. The number of primary amides is 1. The van der Waals surface area contributed by atoms with E-state index in [0.29, 0.717) is 22.9 Å². The molecule has 0 unspecified atom stereocenters. The lowest BCUT2D eigenvalue weighted by Crippen LogP contribution is -2.11. The third-order valence-electron chi connectivity index (χ3n) is 3.47. The highest BCUT2D eigenvalue weighted by Gasteiger charge is 2.13. The molecule has 24 heavy (non-hydrogen) atoms. The largest absolute Gasteiger partial charge is 0.366 e. The highest BCUT2D eigenvalue weighted by molar-refractivity contribution is 6.33. The summed E-state index contributed by atoms with van der Waals surface area (Å²) >= 11 is 6.10. The normalized spacial score (nSPS) is 10.6. The van der Waals surface area contributed by atoms with Crippen LogP contribution in [-0.2, 0) is 0 Å². The average Bonchev–Trinajstić information content (AvgIpc) is 2.90. The molecular weight excluding hydrogens is 333 g/mol. The lowest BCUT2D eigenvalue weighted by molar-refractivity contribution is 0.1000. The molecule has 6 nitrogen and oxygen atoms in total. The van der Waals surface area contributed by atoms with Crippen LogP contribution in [0.25, 0.3) is 5.69 Å². The Balaban J connectivity index is 1.93. The molecule has 0 saturated heterocycles. The number of benzene rings is 1. The van der Waals surface area contributed by atoms with Crippen LogP contribution >= 0.6 is 11.6 Å². The van der Waals surface area contributed by atoms with Crippen LogP contribution in [0.4, 0.5) is 15.9 Å². The van der Waals surface area contributed by atoms with E-state index in [-0.39, 0.29) is 16.4 Å². The number of aromatic nitrogens is 3. The quantitative estimate of drug-likeness (QED) is 0.760. The number of halogens is 2. The molecule has 0 aliphatic heterocycles. The lowest BCUT2D eigenvalue weighted by Gasteiger charge is -2.09. The zero-order valence-electron chi connectivity index (χ0n) is 12.6. The van der Waals surface area contributed by atoms with Crippen molar-refractivity contribution < 1.29 is 9.18 Å². The number of rotatable bonds is 4. The van der Waals surface area contributed by atoms with Gasteiger partial charge in [-0.25, -0.2) is 14.1 Å². The van der Waals surface area contributed by atoms with Gasteiger partial charge in [-0.1, -0.05) is 23.7 Å². The average molecular weight is 346 g/mol. The number of nitrogens with two attached hydrogens (primary N) is 1. The molecule has 1 aromatic carbocycles. The van der Waals surface area contributed by atoms with Gasteiger partial charge in [0.2, 0.25) is 5.91 Å². The first-order valence-electron chi connectivity index (χ1n) is 6.99. The van der Waals surface area contributed by atoms with Crippen LogP contribution in [0.5, 0.6) is 0 Å². The number of nitrogens with one attached hydrogen (secondary N) is 1. The highest BCUT2D eigenvalue weighted by Crippen LogP contribution is 2.27. The minimum Gasteiger partial charge on any atom is -0.366 e. The second-order valence-electron chi connectivity index (χ2n) is 5.05. The SMILES string of the molecule is Cc1c(Nc2ncc(C(N)=O)cc2Cl)cnn1-c1ccccc1F. The summed E-state index contributed by atoms with van der Waals surface area (Å²) in [4.78, 5) is 15.2. The van der Waals surface area contributed by atoms with Crippen molar-refractivity contribution in [3.8, 4) is 5.69 Å². The van der Waals surface area contributed by atoms with Gasteiger partial charge in [-0.05, 0) is 25.1 Å². The smallest absolute Gasteiger partial charge is 0.250 e. The summed E-state index contributed by atoms with van der Waals surface area (Å²) in [6.07, 6.45) is 2.87. The Morgan fingerprint density at radius 2 is 2.08 bits per heavy atom. The van der Waals surface area contributed by atoms with Crippen LogP contribution in [0.3, 0.4) is 0 Å². The summed E-state index contributed by atoms with van der Waals surface area (Å²) in [5.74, 6) is -0.644. The summed E-state index contributed by atoms with van der Waals surface area (Å²) in [5, 5.41) is 7.44. The van der Waals surface area contributed by atoms with Crippen molar-refractivity contribution in [3.05, 3.63) is 64.8 Å². The van der Waals surface area contributed by atoms with Crippen molar-refractivity contribution in [1.29, 1.82) is 0 Å². The number of hydrogen-bond donors (Lipinski definition) is 2. The molecule has 3 rings (SSSR count). The van der Waals surface area contributed by atoms with E-state index in [2.05, 4.69) is 15.4 Å². The predicted octanol–water partition coefficient (Wildman–Crippen LogP) is 3.21. The number of carbonyl (C=O) groups excluding carboxylic acids is 1. The third-order valence-corrected chi connectivity index (χ3v) is 3.76. The Labute approximate surface area is 142 Å². The highest BCUT2D eigenvalue weighted by atomic mass is 35.5. The number of para-hydroxylation sites is 1. The molecule has 122 valence electrons. The molecule has 8 heteroatoms. The third kappa shape index (κ3) is 2.93. The Morgan fingerprint density at radius 1 is 1.33 bits per heavy atom. The number of amides is 1. The van der Waals surface area contributed by atoms with Crippen LogP contribution in [-0.4, -0.2) is 20.7 Å². The van der Waals surface area contributed by atoms with Gasteiger partial charge < -0.3 is 11.1 Å². The van der Waals surface area contributed by atoms with Gasteiger partial charge in [-0.3, -0.25) is 4.79 Å². The second kappa shape index (κ2) is 6.29. The number of nitrogens with zero attached hydrogens (tertiary/aromatic N) is 3. The van der Waals surface area contributed by atoms with Crippen LogP contribution in [0.1, 0.15) is 16.1 Å². The van der Waals surface area contributed by atoms with Crippen LogP contribution in [0, 0.1) is 12.7 Å². The van der Waals surface area contributed by atoms with Crippen LogP contribution in [0.2, 0.25) is 5.02 Å². The van der Waals surface area contributed by atoms with E-state index in [9.17, 15) is 9.18 Å². The van der Waals surface area contributed by atoms with Gasteiger partial charge in [0.15, 0.2) is 0 Å². The topological polar surface area (TPSA) is 85.8 Å². The van der Waals surface area contributed by atoms with Gasteiger partial charge in [-0.2, -0.15) is 5.10 Å². The van der Waals surface area contributed by atoms with Crippen molar-refractivity contribution in [2.24, 2.45) is 5.73 Å². The molecule has 0 aliphatic carbocycles. The van der Waals surface area contributed by atoms with Gasteiger partial charge in [-0.15, -0.1) is 0 Å². The Bertz CT molecular complexity index is 925. The van der Waals surface area contributed by atoms with E-state index in [1.54, 1.807) is 31.3 Å². The summed E-state index contributed by atoms with van der Waals surface area (Å²) in [7, 11) is 0. The Kier molecular flexibility index (Phi) is 4.18. The van der Waals surface area contributed by atoms with E-state index in [1.165, 1.54) is 23.0 Å². The maximum atomic E-state index is 13.9. The van der Waals surface area contributed by atoms with Gasteiger partial charge in [0.05, 0.1) is 28.2 Å². The molecule has 2 aromatic heterocycles. The molecule has 3 N–H and O–H groups in total. The molecule has 0 bridgehead atoms. The fourth-order valence-corrected chi connectivity index (χ4v) is 2.40. The molecule has 0 atom stereocenters. The van der Waals surface area contributed by atoms with Gasteiger partial charge in [0.25, 0.3) is 0 Å². The van der Waals surface area contributed by atoms with E-state index in [4.69, 9.17) is 17.3 Å². The zero-order valence-corrected chi connectivity index (χ0v) is 13.4. The molecule has 0 spiro atoms. The van der Waals surface area contributed by atoms with Crippen molar-refractivity contribution in [3.63, 3.8) is 0 Å². The van der Waals surface area contributed by atoms with Crippen LogP contribution < -0.4 is 11.1 Å². The van der Waals surface area contributed by atoms with Crippen molar-refractivity contribution in [2.45, 2.75) is 6.92 Å². The second-order valence-corrected chi connectivity index (χ2v) is 5.46. The first kappa shape index (κ1) is 15.9. The summed E-state index contributed by atoms with van der Waals surface area (Å²) in [5.41, 5.74) is 7.02. The Morgan fingerprint density at radius 3 is 2.75 bits per heavy atom. The molecule has 0 radical (unpaired) electrons. The maximum Gasteiger partial charge on any atom is 0.250 e. The first-order valence-corrected chi connectivity index (χ1v) is 7.37. The molecule has 2 heterocycles. The standard InChI is InChI=1S/C16H13ClFN5O/c1-9-13(8-21-23(9)14-5-3-2-4-12(14)18)22-16-11(17)6-10(7-20-16)15(19)24/h2-8H,1H3,(H2,19,24)(H,20,22). The van der Waals surface area contributed by atoms with E-state index >= 15 is 0 Å². The Hall–Kier alpha value is -2.93. The van der Waals surface area contributed by atoms with Crippen molar-refractivity contribution in [2.75, 3.05) is 5.32 Å². The molecule has 0 aliphatic rings. The summed E-state index contributed by atoms with van der Waals surface area (Å²) in [6, 6.07) is 7.76. The van der Waals surface area contributed by atoms with E-state index < -0.39 is 5.91 Å². The van der Waals surface area contributed by atoms with E-state index in [1.807, 2.05) is 0 Å². The summed E-state index contributed by atoms with van der Waals surface area (Å²) in [6.45, 7) is 1.79. The van der Waals surface area contributed by atoms with Crippen molar-refractivity contribution >= 4 is 29.0 Å². The zero-order chi connectivity index (χ0) is 17.3. The molecular formula is C16H13ClFN5O. The number of anilines is 2. The van der Waals surface area contributed by atoms with Gasteiger partial charge in [0.1, 0.15) is 17.3 Å². The molecule has 0 saturated carbocycles. The molecule has 1 amide bonds. The maximum absolute atomic E-state index is 13.9.